The number of nitrogens with zero attached hydrogens (tertiary/aromatic N) is 2. The molecule has 1 heterocycles. The third kappa shape index (κ3) is 6.14. The molecule has 1 aliphatic rings. The minimum absolute atomic E-state index is 0.173. The van der Waals surface area contributed by atoms with Gasteiger partial charge in [0.15, 0.2) is 0 Å². The minimum atomic E-state index is -0.205. The Morgan fingerprint density at radius 3 is 2.39 bits per heavy atom. The zero-order valence-electron chi connectivity index (χ0n) is 18.2. The second-order valence-corrected chi connectivity index (χ2v) is 8.00. The highest BCUT2D eigenvalue weighted by atomic mass is 35.5. The first-order valence-electron chi connectivity index (χ1n) is 10.9. The van der Waals surface area contributed by atoms with Gasteiger partial charge in [-0.3, -0.25) is 9.59 Å². The van der Waals surface area contributed by atoms with E-state index in [9.17, 15) is 9.59 Å². The largest absolute Gasteiger partial charge is 0.494 e. The van der Waals surface area contributed by atoms with E-state index in [2.05, 4.69) is 17.1 Å². The molecule has 0 bridgehead atoms. The van der Waals surface area contributed by atoms with Crippen LogP contribution < -0.4 is 15.0 Å². The number of carbonyl (C=O) groups is 2. The molecule has 1 fully saturated rings. The van der Waals surface area contributed by atoms with Crippen molar-refractivity contribution in [3.8, 4) is 5.75 Å². The lowest BCUT2D eigenvalue weighted by Gasteiger charge is -2.37. The van der Waals surface area contributed by atoms with Gasteiger partial charge in [0.1, 0.15) is 5.75 Å². The van der Waals surface area contributed by atoms with Gasteiger partial charge in [-0.05, 0) is 48.9 Å². The van der Waals surface area contributed by atoms with Crippen LogP contribution in [0.2, 0.25) is 5.02 Å². The molecule has 0 atom stereocenters. The van der Waals surface area contributed by atoms with Crippen molar-refractivity contribution in [3.05, 3.63) is 53.1 Å². The van der Waals surface area contributed by atoms with Gasteiger partial charge in [-0.2, -0.15) is 0 Å². The van der Waals surface area contributed by atoms with Gasteiger partial charge in [-0.15, -0.1) is 0 Å². The Bertz CT molecular complexity index is 893. The van der Waals surface area contributed by atoms with E-state index in [1.165, 1.54) is 0 Å². The van der Waals surface area contributed by atoms with Gasteiger partial charge < -0.3 is 19.9 Å². The van der Waals surface area contributed by atoms with Crippen molar-refractivity contribution >= 4 is 34.8 Å². The molecule has 0 saturated carbocycles. The average Bonchev–Trinajstić information content (AvgIpc) is 2.79. The van der Waals surface area contributed by atoms with Crippen LogP contribution in [0.3, 0.4) is 0 Å². The molecule has 7 heteroatoms. The third-order valence-electron chi connectivity index (χ3n) is 5.37. The highest BCUT2D eigenvalue weighted by Crippen LogP contribution is 2.30. The fourth-order valence-electron chi connectivity index (χ4n) is 3.54. The molecule has 3 rings (SSSR count). The van der Waals surface area contributed by atoms with Crippen molar-refractivity contribution in [1.29, 1.82) is 0 Å². The van der Waals surface area contributed by atoms with E-state index in [0.29, 0.717) is 55.5 Å². The highest BCUT2D eigenvalue weighted by molar-refractivity contribution is 6.31. The van der Waals surface area contributed by atoms with Crippen molar-refractivity contribution in [2.75, 3.05) is 43.0 Å². The molecule has 1 saturated heterocycles. The monoisotopic (exact) mass is 443 g/mol. The summed E-state index contributed by atoms with van der Waals surface area (Å²) in [5, 5.41) is 3.55. The maximum atomic E-state index is 12.8. The van der Waals surface area contributed by atoms with Gasteiger partial charge in [-0.1, -0.05) is 31.9 Å². The number of unbranched alkanes of at least 4 members (excludes halogenated alkanes) is 1. The maximum absolute atomic E-state index is 12.8. The van der Waals surface area contributed by atoms with Crippen molar-refractivity contribution in [2.45, 2.75) is 33.1 Å². The summed E-state index contributed by atoms with van der Waals surface area (Å²) in [7, 11) is 0. The standard InChI is InChI=1S/C24H30ClN3O3/c1-3-5-16-31-20-9-6-18(7-10-20)24(30)26-21-17-19(25)8-11-22(21)27-12-14-28(15-13-27)23(29)4-2/h6-11,17H,3-5,12-16H2,1-2H3,(H,26,30). The van der Waals surface area contributed by atoms with Gasteiger partial charge in [0, 0.05) is 43.2 Å². The molecule has 1 aliphatic heterocycles. The van der Waals surface area contributed by atoms with Gasteiger partial charge in [0.25, 0.3) is 5.91 Å². The molecule has 2 aromatic rings. The summed E-state index contributed by atoms with van der Waals surface area (Å²) in [5.41, 5.74) is 2.11. The molecule has 166 valence electrons. The molecule has 31 heavy (non-hydrogen) atoms. The lowest BCUT2D eigenvalue weighted by molar-refractivity contribution is -0.131. The molecular weight excluding hydrogens is 414 g/mol. The molecule has 1 N–H and O–H groups in total. The predicted octanol–water partition coefficient (Wildman–Crippen LogP) is 4.83. The number of halogens is 1. The molecule has 2 amide bonds. The third-order valence-corrected chi connectivity index (χ3v) is 5.60. The van der Waals surface area contributed by atoms with Gasteiger partial charge in [-0.25, -0.2) is 0 Å². The Kier molecular flexibility index (Phi) is 8.18. The maximum Gasteiger partial charge on any atom is 0.255 e. The van der Waals surface area contributed by atoms with Crippen LogP contribution in [0.4, 0.5) is 11.4 Å². The van der Waals surface area contributed by atoms with E-state index in [4.69, 9.17) is 16.3 Å². The van der Waals surface area contributed by atoms with E-state index in [0.717, 1.165) is 24.3 Å². The molecule has 6 nitrogen and oxygen atoms in total. The number of hydrogen-bond acceptors (Lipinski definition) is 4. The van der Waals surface area contributed by atoms with Crippen molar-refractivity contribution < 1.29 is 14.3 Å². The molecule has 0 unspecified atom stereocenters. The van der Waals surface area contributed by atoms with E-state index in [1.807, 2.05) is 36.1 Å². The number of benzene rings is 2. The van der Waals surface area contributed by atoms with Crippen molar-refractivity contribution in [1.82, 2.24) is 4.90 Å². The van der Waals surface area contributed by atoms with Crippen LogP contribution in [0.15, 0.2) is 42.5 Å². The number of nitrogens with one attached hydrogen (secondary N) is 1. The summed E-state index contributed by atoms with van der Waals surface area (Å²) in [4.78, 5) is 28.9. The number of ether oxygens (including phenoxy) is 1. The number of amides is 2. The molecular formula is C24H30ClN3O3. The quantitative estimate of drug-likeness (QED) is 0.593. The smallest absolute Gasteiger partial charge is 0.255 e. The van der Waals surface area contributed by atoms with Crippen LogP contribution in [0.25, 0.3) is 0 Å². The number of piperazine rings is 1. The van der Waals surface area contributed by atoms with Gasteiger partial charge in [0.05, 0.1) is 18.0 Å². The first kappa shape index (κ1) is 22.9. The van der Waals surface area contributed by atoms with Crippen LogP contribution in [0.5, 0.6) is 5.75 Å². The Morgan fingerprint density at radius 2 is 1.74 bits per heavy atom. The zero-order chi connectivity index (χ0) is 22.2. The molecule has 0 spiro atoms. The highest BCUT2D eigenvalue weighted by Gasteiger charge is 2.22. The zero-order valence-corrected chi connectivity index (χ0v) is 19.0. The molecule has 0 aromatic heterocycles. The van der Waals surface area contributed by atoms with Crippen molar-refractivity contribution in [3.63, 3.8) is 0 Å². The second-order valence-electron chi connectivity index (χ2n) is 7.56. The summed E-state index contributed by atoms with van der Waals surface area (Å²) < 4.78 is 5.66. The Labute approximate surface area is 189 Å². The van der Waals surface area contributed by atoms with Crippen LogP contribution in [0.1, 0.15) is 43.5 Å². The molecule has 0 aliphatic carbocycles. The lowest BCUT2D eigenvalue weighted by Crippen LogP contribution is -2.48. The van der Waals surface area contributed by atoms with E-state index in [1.54, 1.807) is 18.2 Å². The normalized spacial score (nSPS) is 13.8. The van der Waals surface area contributed by atoms with Crippen LogP contribution in [-0.4, -0.2) is 49.5 Å². The van der Waals surface area contributed by atoms with Crippen LogP contribution >= 0.6 is 11.6 Å². The predicted molar refractivity (Wildman–Crippen MR) is 125 cm³/mol. The SMILES string of the molecule is CCCCOc1ccc(C(=O)Nc2cc(Cl)ccc2N2CCN(C(=O)CC)CC2)cc1. The van der Waals surface area contributed by atoms with Crippen LogP contribution in [-0.2, 0) is 4.79 Å². The second kappa shape index (κ2) is 11.0. The number of rotatable bonds is 8. The summed E-state index contributed by atoms with van der Waals surface area (Å²) in [5.74, 6) is 0.725. The first-order valence-corrected chi connectivity index (χ1v) is 11.3. The summed E-state index contributed by atoms with van der Waals surface area (Å²) >= 11 is 6.21. The number of hydrogen-bond donors (Lipinski definition) is 1. The van der Waals surface area contributed by atoms with Gasteiger partial charge >= 0.3 is 0 Å². The number of carbonyl (C=O) groups excluding carboxylic acids is 2. The molecule has 2 aromatic carbocycles. The average molecular weight is 444 g/mol. The van der Waals surface area contributed by atoms with E-state index < -0.39 is 0 Å². The Hall–Kier alpha value is -2.73. The fourth-order valence-corrected chi connectivity index (χ4v) is 3.71. The number of anilines is 2. The van der Waals surface area contributed by atoms with E-state index in [-0.39, 0.29) is 11.8 Å². The molecule has 0 radical (unpaired) electrons. The lowest BCUT2D eigenvalue weighted by atomic mass is 10.1. The summed E-state index contributed by atoms with van der Waals surface area (Å²) in [6.07, 6.45) is 2.59. The van der Waals surface area contributed by atoms with E-state index >= 15 is 0 Å². The fraction of sp³-hybridized carbons (Fsp3) is 0.417. The Balaban J connectivity index is 1.68. The summed E-state index contributed by atoms with van der Waals surface area (Å²) in [6.45, 7) is 7.42. The van der Waals surface area contributed by atoms with Crippen LogP contribution in [0, 0.1) is 0 Å². The Morgan fingerprint density at radius 1 is 1.03 bits per heavy atom. The van der Waals surface area contributed by atoms with Gasteiger partial charge in [0.2, 0.25) is 5.91 Å². The minimum Gasteiger partial charge on any atom is -0.494 e. The summed E-state index contributed by atoms with van der Waals surface area (Å²) in [6, 6.07) is 12.6. The van der Waals surface area contributed by atoms with Crippen molar-refractivity contribution in [2.24, 2.45) is 0 Å². The topological polar surface area (TPSA) is 61.9 Å². The first-order chi connectivity index (χ1) is 15.0.